The third-order valence-corrected chi connectivity index (χ3v) is 4.59. The lowest BCUT2D eigenvalue weighted by Gasteiger charge is -2.57. The smallest absolute Gasteiger partial charge is 0.0189 e. The van der Waals surface area contributed by atoms with Crippen LogP contribution in [0.5, 0.6) is 0 Å². The summed E-state index contributed by atoms with van der Waals surface area (Å²) in [6, 6.07) is 0. The van der Waals surface area contributed by atoms with E-state index in [1.807, 2.05) is 0 Å². The summed E-state index contributed by atoms with van der Waals surface area (Å²) in [4.78, 5) is 0. The van der Waals surface area contributed by atoms with Crippen LogP contribution in [0.3, 0.4) is 0 Å². The Morgan fingerprint density at radius 1 is 1.00 bits per heavy atom. The van der Waals surface area contributed by atoms with Crippen LogP contribution in [-0.4, -0.2) is 12.1 Å². The Bertz CT molecular complexity index is 174. The molecule has 0 spiro atoms. The molecule has 4 saturated carbocycles. The molecule has 0 aromatic heterocycles. The second-order valence-electron chi connectivity index (χ2n) is 5.73. The van der Waals surface area contributed by atoms with Gasteiger partial charge in [-0.05, 0) is 62.8 Å². The van der Waals surface area contributed by atoms with Crippen LogP contribution in [0.1, 0.15) is 45.4 Å². The Kier molecular flexibility index (Phi) is 1.74. The van der Waals surface area contributed by atoms with Crippen LogP contribution < -0.4 is 5.32 Å². The van der Waals surface area contributed by atoms with Crippen LogP contribution >= 0.6 is 0 Å². The van der Waals surface area contributed by atoms with Gasteiger partial charge in [-0.15, -0.1) is 0 Å². The van der Waals surface area contributed by atoms with E-state index in [0.717, 1.165) is 17.8 Å². The topological polar surface area (TPSA) is 12.0 Å². The SMILES string of the molecule is CCNC12CC3CC(CC(C3)C1)C2. The number of rotatable bonds is 2. The van der Waals surface area contributed by atoms with Crippen molar-refractivity contribution in [2.24, 2.45) is 17.8 Å². The number of hydrogen-bond donors (Lipinski definition) is 1. The van der Waals surface area contributed by atoms with Crippen LogP contribution in [-0.2, 0) is 0 Å². The van der Waals surface area contributed by atoms with E-state index in [2.05, 4.69) is 12.2 Å². The van der Waals surface area contributed by atoms with Crippen molar-refractivity contribution < 1.29 is 0 Å². The molecular formula is C12H21N. The van der Waals surface area contributed by atoms with Crippen molar-refractivity contribution in [1.29, 1.82) is 0 Å². The van der Waals surface area contributed by atoms with Crippen molar-refractivity contribution in [3.8, 4) is 0 Å². The van der Waals surface area contributed by atoms with Gasteiger partial charge in [0.2, 0.25) is 0 Å². The normalized spacial score (nSPS) is 52.8. The molecule has 1 nitrogen and oxygen atoms in total. The van der Waals surface area contributed by atoms with Crippen LogP contribution in [0.4, 0.5) is 0 Å². The second-order valence-corrected chi connectivity index (χ2v) is 5.73. The molecule has 4 bridgehead atoms. The highest BCUT2D eigenvalue weighted by Crippen LogP contribution is 2.55. The number of nitrogens with one attached hydrogen (secondary N) is 1. The molecule has 0 atom stereocenters. The van der Waals surface area contributed by atoms with Gasteiger partial charge in [0.1, 0.15) is 0 Å². The van der Waals surface area contributed by atoms with Gasteiger partial charge in [-0.1, -0.05) is 6.92 Å². The molecule has 4 aliphatic carbocycles. The zero-order valence-electron chi connectivity index (χ0n) is 8.68. The molecule has 0 aliphatic heterocycles. The van der Waals surface area contributed by atoms with Crippen molar-refractivity contribution in [1.82, 2.24) is 5.32 Å². The maximum atomic E-state index is 3.79. The van der Waals surface area contributed by atoms with Gasteiger partial charge in [0.15, 0.2) is 0 Å². The van der Waals surface area contributed by atoms with Gasteiger partial charge < -0.3 is 5.32 Å². The van der Waals surface area contributed by atoms with E-state index < -0.39 is 0 Å². The van der Waals surface area contributed by atoms with Crippen molar-refractivity contribution in [2.75, 3.05) is 6.54 Å². The lowest BCUT2D eigenvalue weighted by Crippen LogP contribution is -2.58. The van der Waals surface area contributed by atoms with Crippen LogP contribution in [0.15, 0.2) is 0 Å². The fourth-order valence-corrected chi connectivity index (χ4v) is 4.70. The summed E-state index contributed by atoms with van der Waals surface area (Å²) >= 11 is 0. The molecule has 74 valence electrons. The van der Waals surface area contributed by atoms with Crippen molar-refractivity contribution in [3.63, 3.8) is 0 Å². The molecular weight excluding hydrogens is 158 g/mol. The fourth-order valence-electron chi connectivity index (χ4n) is 4.70. The van der Waals surface area contributed by atoms with Gasteiger partial charge in [-0.2, -0.15) is 0 Å². The minimum atomic E-state index is 0.601. The Balaban J connectivity index is 1.83. The van der Waals surface area contributed by atoms with Crippen LogP contribution in [0, 0.1) is 17.8 Å². The highest BCUT2D eigenvalue weighted by atomic mass is 15.0. The van der Waals surface area contributed by atoms with Crippen LogP contribution in [0.2, 0.25) is 0 Å². The molecule has 4 aliphatic rings. The molecule has 0 unspecified atom stereocenters. The van der Waals surface area contributed by atoms with Gasteiger partial charge in [0, 0.05) is 5.54 Å². The average molecular weight is 179 g/mol. The molecule has 0 heterocycles. The van der Waals surface area contributed by atoms with Gasteiger partial charge in [-0.3, -0.25) is 0 Å². The number of hydrogen-bond acceptors (Lipinski definition) is 1. The summed E-state index contributed by atoms with van der Waals surface area (Å²) in [5.41, 5.74) is 0.601. The molecule has 0 amide bonds. The predicted molar refractivity (Wildman–Crippen MR) is 54.6 cm³/mol. The van der Waals surface area contributed by atoms with Crippen molar-refractivity contribution in [2.45, 2.75) is 51.0 Å². The van der Waals surface area contributed by atoms with Gasteiger partial charge in [-0.25, -0.2) is 0 Å². The zero-order chi connectivity index (χ0) is 8.89. The van der Waals surface area contributed by atoms with E-state index in [0.29, 0.717) is 5.54 Å². The molecule has 1 heteroatoms. The van der Waals surface area contributed by atoms with Crippen molar-refractivity contribution in [3.05, 3.63) is 0 Å². The summed E-state index contributed by atoms with van der Waals surface area (Å²) < 4.78 is 0. The van der Waals surface area contributed by atoms with E-state index in [-0.39, 0.29) is 0 Å². The molecule has 4 fully saturated rings. The fraction of sp³-hybridized carbons (Fsp3) is 1.00. The molecule has 0 saturated heterocycles. The minimum absolute atomic E-state index is 0.601. The molecule has 13 heavy (non-hydrogen) atoms. The predicted octanol–water partition coefficient (Wildman–Crippen LogP) is 2.56. The minimum Gasteiger partial charge on any atom is -0.311 e. The molecule has 0 radical (unpaired) electrons. The first kappa shape index (κ1) is 8.28. The first-order chi connectivity index (χ1) is 6.30. The average Bonchev–Trinajstić information content (AvgIpc) is 2.00. The molecule has 0 aromatic rings. The maximum Gasteiger partial charge on any atom is 0.0189 e. The van der Waals surface area contributed by atoms with E-state index in [9.17, 15) is 0 Å². The highest BCUT2D eigenvalue weighted by Gasteiger charge is 2.50. The summed E-state index contributed by atoms with van der Waals surface area (Å²) in [5.74, 6) is 3.26. The first-order valence-electron chi connectivity index (χ1n) is 6.05. The Labute approximate surface area is 81.3 Å². The third-order valence-electron chi connectivity index (χ3n) is 4.59. The Hall–Kier alpha value is -0.0400. The monoisotopic (exact) mass is 179 g/mol. The van der Waals surface area contributed by atoms with E-state index >= 15 is 0 Å². The summed E-state index contributed by atoms with van der Waals surface area (Å²) in [6.45, 7) is 3.44. The summed E-state index contributed by atoms with van der Waals surface area (Å²) in [6.07, 6.45) is 9.16. The van der Waals surface area contributed by atoms with Gasteiger partial charge in [0.05, 0.1) is 0 Å². The second kappa shape index (κ2) is 2.73. The summed E-state index contributed by atoms with van der Waals surface area (Å²) in [5, 5.41) is 3.79. The van der Waals surface area contributed by atoms with Gasteiger partial charge in [0.25, 0.3) is 0 Å². The lowest BCUT2D eigenvalue weighted by molar-refractivity contribution is -0.0187. The van der Waals surface area contributed by atoms with E-state index in [1.165, 1.54) is 25.8 Å². The Morgan fingerprint density at radius 2 is 1.46 bits per heavy atom. The maximum absolute atomic E-state index is 3.79. The van der Waals surface area contributed by atoms with Crippen LogP contribution in [0.25, 0.3) is 0 Å². The first-order valence-corrected chi connectivity index (χ1v) is 6.05. The van der Waals surface area contributed by atoms with E-state index in [1.54, 1.807) is 19.3 Å². The highest BCUT2D eigenvalue weighted by molar-refractivity contribution is 5.06. The van der Waals surface area contributed by atoms with Crippen molar-refractivity contribution >= 4 is 0 Å². The quantitative estimate of drug-likeness (QED) is 0.687. The third kappa shape index (κ3) is 1.24. The molecule has 1 N–H and O–H groups in total. The van der Waals surface area contributed by atoms with E-state index in [4.69, 9.17) is 0 Å². The zero-order valence-corrected chi connectivity index (χ0v) is 8.68. The standard InChI is InChI=1S/C12H21N/c1-2-13-12-6-9-3-10(7-12)5-11(4-9)8-12/h9-11,13H,2-8H2,1H3. The Morgan fingerprint density at radius 3 is 1.85 bits per heavy atom. The summed E-state index contributed by atoms with van der Waals surface area (Å²) in [7, 11) is 0. The largest absolute Gasteiger partial charge is 0.311 e. The molecule has 0 aromatic carbocycles. The molecule has 4 rings (SSSR count). The lowest BCUT2D eigenvalue weighted by atomic mass is 9.53. The van der Waals surface area contributed by atoms with Gasteiger partial charge >= 0.3 is 0 Å².